The van der Waals surface area contributed by atoms with Crippen LogP contribution in [-0.2, 0) is 6.54 Å². The second-order valence-electron chi connectivity index (χ2n) is 4.53. The highest BCUT2D eigenvalue weighted by atomic mass is 19.2. The topological polar surface area (TPSA) is 12.0 Å². The van der Waals surface area contributed by atoms with E-state index < -0.39 is 11.6 Å². The van der Waals surface area contributed by atoms with E-state index in [1.807, 2.05) is 0 Å². The van der Waals surface area contributed by atoms with E-state index in [0.717, 1.165) is 24.9 Å². The number of rotatable bonds is 4. The summed E-state index contributed by atoms with van der Waals surface area (Å²) in [5, 5.41) is 3.30. The maximum absolute atomic E-state index is 12.9. The zero-order chi connectivity index (χ0) is 12.1. The molecule has 0 aromatic heterocycles. The molecule has 0 amide bonds. The van der Waals surface area contributed by atoms with E-state index in [0.29, 0.717) is 12.5 Å². The van der Waals surface area contributed by atoms with Crippen LogP contribution in [0.25, 0.3) is 0 Å². The van der Waals surface area contributed by atoms with Crippen molar-refractivity contribution in [1.82, 2.24) is 5.32 Å². The predicted molar refractivity (Wildman–Crippen MR) is 64.5 cm³/mol. The molecule has 17 heavy (non-hydrogen) atoms. The van der Waals surface area contributed by atoms with Gasteiger partial charge < -0.3 is 5.32 Å². The Morgan fingerprint density at radius 2 is 2.06 bits per heavy atom. The molecule has 0 saturated heterocycles. The van der Waals surface area contributed by atoms with Gasteiger partial charge in [-0.3, -0.25) is 0 Å². The Hall–Kier alpha value is -1.22. The largest absolute Gasteiger partial charge is 0.312 e. The van der Waals surface area contributed by atoms with E-state index >= 15 is 0 Å². The minimum atomic E-state index is -0.786. The summed E-state index contributed by atoms with van der Waals surface area (Å²) in [5.41, 5.74) is 0.787. The minimum absolute atomic E-state index is 0.595. The molecule has 1 aliphatic rings. The highest BCUT2D eigenvalue weighted by Crippen LogP contribution is 2.17. The molecular formula is C14H17F2N. The molecule has 0 aliphatic heterocycles. The molecule has 3 heteroatoms. The van der Waals surface area contributed by atoms with E-state index in [1.165, 1.54) is 18.6 Å². The van der Waals surface area contributed by atoms with Gasteiger partial charge in [0.2, 0.25) is 0 Å². The van der Waals surface area contributed by atoms with Gasteiger partial charge >= 0.3 is 0 Å². The molecule has 1 unspecified atom stereocenters. The van der Waals surface area contributed by atoms with Gasteiger partial charge in [-0.25, -0.2) is 8.78 Å². The first-order valence-electron chi connectivity index (χ1n) is 6.05. The fourth-order valence-electron chi connectivity index (χ4n) is 2.11. The molecule has 2 rings (SSSR count). The third kappa shape index (κ3) is 3.63. The lowest BCUT2D eigenvalue weighted by molar-refractivity contribution is 0.439. The fourth-order valence-corrected chi connectivity index (χ4v) is 2.11. The Morgan fingerprint density at radius 3 is 2.76 bits per heavy atom. The van der Waals surface area contributed by atoms with Crippen LogP contribution in [0.4, 0.5) is 8.78 Å². The van der Waals surface area contributed by atoms with Gasteiger partial charge in [0.05, 0.1) is 0 Å². The smallest absolute Gasteiger partial charge is 0.159 e. The van der Waals surface area contributed by atoms with E-state index in [9.17, 15) is 8.78 Å². The van der Waals surface area contributed by atoms with Crippen LogP contribution in [0, 0.1) is 17.6 Å². The predicted octanol–water partition coefficient (Wildman–Crippen LogP) is 3.41. The molecule has 0 bridgehead atoms. The Morgan fingerprint density at radius 1 is 1.18 bits per heavy atom. The van der Waals surface area contributed by atoms with Gasteiger partial charge in [-0.05, 0) is 49.4 Å². The molecule has 0 heterocycles. The number of hydrogen-bond donors (Lipinski definition) is 1. The van der Waals surface area contributed by atoms with Crippen LogP contribution < -0.4 is 5.32 Å². The molecule has 0 fully saturated rings. The van der Waals surface area contributed by atoms with Crippen LogP contribution >= 0.6 is 0 Å². The van der Waals surface area contributed by atoms with Crippen LogP contribution in [0.1, 0.15) is 24.8 Å². The Balaban J connectivity index is 1.77. The lowest BCUT2D eigenvalue weighted by Gasteiger charge is -2.18. The van der Waals surface area contributed by atoms with Crippen molar-refractivity contribution in [3.63, 3.8) is 0 Å². The lowest BCUT2D eigenvalue weighted by Crippen LogP contribution is -2.23. The normalized spacial score (nSPS) is 19.5. The standard InChI is InChI=1S/C14H17F2N/c15-13-7-6-12(8-14(13)16)10-17-9-11-4-2-1-3-5-11/h1-2,6-8,11,17H,3-5,9-10H2. The van der Waals surface area contributed by atoms with Crippen molar-refractivity contribution in [2.45, 2.75) is 25.8 Å². The molecule has 1 atom stereocenters. The second kappa shape index (κ2) is 5.92. The molecule has 1 aromatic rings. The summed E-state index contributed by atoms with van der Waals surface area (Å²) in [6, 6.07) is 4.05. The Labute approximate surface area is 101 Å². The van der Waals surface area contributed by atoms with Crippen molar-refractivity contribution in [3.8, 4) is 0 Å². The third-order valence-electron chi connectivity index (χ3n) is 3.12. The summed E-state index contributed by atoms with van der Waals surface area (Å²) in [5.74, 6) is -0.888. The second-order valence-corrected chi connectivity index (χ2v) is 4.53. The van der Waals surface area contributed by atoms with Crippen LogP contribution in [-0.4, -0.2) is 6.54 Å². The average molecular weight is 237 g/mol. The van der Waals surface area contributed by atoms with Gasteiger partial charge in [0.1, 0.15) is 0 Å². The van der Waals surface area contributed by atoms with E-state index in [2.05, 4.69) is 17.5 Å². The fraction of sp³-hybridized carbons (Fsp3) is 0.429. The van der Waals surface area contributed by atoms with Crippen molar-refractivity contribution < 1.29 is 8.78 Å². The minimum Gasteiger partial charge on any atom is -0.312 e. The van der Waals surface area contributed by atoms with Gasteiger partial charge in [-0.1, -0.05) is 18.2 Å². The summed E-state index contributed by atoms with van der Waals surface area (Å²) < 4.78 is 25.7. The van der Waals surface area contributed by atoms with Crippen molar-refractivity contribution in [3.05, 3.63) is 47.5 Å². The number of halogens is 2. The molecule has 1 nitrogen and oxygen atoms in total. The third-order valence-corrected chi connectivity index (χ3v) is 3.12. The average Bonchev–Trinajstić information content (AvgIpc) is 2.35. The molecule has 0 saturated carbocycles. The molecule has 1 aliphatic carbocycles. The molecule has 0 spiro atoms. The van der Waals surface area contributed by atoms with Crippen molar-refractivity contribution in [2.24, 2.45) is 5.92 Å². The first-order chi connectivity index (χ1) is 8.25. The summed E-state index contributed by atoms with van der Waals surface area (Å²) in [7, 11) is 0. The van der Waals surface area contributed by atoms with Crippen molar-refractivity contribution in [1.29, 1.82) is 0 Å². The number of benzene rings is 1. The Kier molecular flexibility index (Phi) is 4.26. The quantitative estimate of drug-likeness (QED) is 0.791. The van der Waals surface area contributed by atoms with Crippen LogP contribution in [0.15, 0.2) is 30.4 Å². The first kappa shape index (κ1) is 12.2. The summed E-state index contributed by atoms with van der Waals surface area (Å²) >= 11 is 0. The monoisotopic (exact) mass is 237 g/mol. The maximum Gasteiger partial charge on any atom is 0.159 e. The van der Waals surface area contributed by atoms with E-state index in [4.69, 9.17) is 0 Å². The Bertz CT molecular complexity index is 401. The highest BCUT2D eigenvalue weighted by Gasteiger charge is 2.09. The summed E-state index contributed by atoms with van der Waals surface area (Å²) in [4.78, 5) is 0. The number of hydrogen-bond acceptors (Lipinski definition) is 1. The molecule has 92 valence electrons. The van der Waals surface area contributed by atoms with Crippen molar-refractivity contribution >= 4 is 0 Å². The van der Waals surface area contributed by atoms with E-state index in [1.54, 1.807) is 6.07 Å². The van der Waals surface area contributed by atoms with E-state index in [-0.39, 0.29) is 0 Å². The van der Waals surface area contributed by atoms with Crippen LogP contribution in [0.3, 0.4) is 0 Å². The van der Waals surface area contributed by atoms with Gasteiger partial charge in [-0.15, -0.1) is 0 Å². The van der Waals surface area contributed by atoms with Gasteiger partial charge in [0, 0.05) is 6.54 Å². The van der Waals surface area contributed by atoms with Gasteiger partial charge in [0.25, 0.3) is 0 Å². The van der Waals surface area contributed by atoms with Crippen molar-refractivity contribution in [2.75, 3.05) is 6.54 Å². The van der Waals surface area contributed by atoms with Gasteiger partial charge in [0.15, 0.2) is 11.6 Å². The summed E-state index contributed by atoms with van der Waals surface area (Å²) in [6.07, 6.45) is 7.91. The SMILES string of the molecule is Fc1ccc(CNCC2CC=CCC2)cc1F. The molecular weight excluding hydrogens is 220 g/mol. The van der Waals surface area contributed by atoms with Crippen LogP contribution in [0.5, 0.6) is 0 Å². The summed E-state index contributed by atoms with van der Waals surface area (Å²) in [6.45, 7) is 1.53. The number of allylic oxidation sites excluding steroid dienone is 2. The lowest BCUT2D eigenvalue weighted by atomic mass is 9.94. The highest BCUT2D eigenvalue weighted by molar-refractivity contribution is 5.17. The molecule has 1 N–H and O–H groups in total. The molecule has 1 aromatic carbocycles. The first-order valence-corrected chi connectivity index (χ1v) is 6.05. The zero-order valence-corrected chi connectivity index (χ0v) is 9.76. The number of nitrogens with one attached hydrogen (secondary N) is 1. The molecule has 0 radical (unpaired) electrons. The van der Waals surface area contributed by atoms with Gasteiger partial charge in [-0.2, -0.15) is 0 Å². The maximum atomic E-state index is 12.9. The van der Waals surface area contributed by atoms with Crippen LogP contribution in [0.2, 0.25) is 0 Å². The zero-order valence-electron chi connectivity index (χ0n) is 9.76.